The Hall–Kier alpha value is -1.66. The summed E-state index contributed by atoms with van der Waals surface area (Å²) in [7, 11) is 2.91. The molecule has 1 aliphatic carbocycles. The lowest BCUT2D eigenvalue weighted by Crippen LogP contribution is -2.06. The van der Waals surface area contributed by atoms with Crippen LogP contribution in [-0.4, -0.2) is 24.4 Å². The summed E-state index contributed by atoms with van der Waals surface area (Å²) in [6.45, 7) is 10.2. The molecule has 4 rings (SSSR count). The molecule has 0 atom stereocenters. The molecule has 2 aromatic rings. The van der Waals surface area contributed by atoms with Gasteiger partial charge in [0.15, 0.2) is 0 Å². The molecule has 0 radical (unpaired) electrons. The zero-order valence-electron chi connectivity index (χ0n) is 18.5. The largest absolute Gasteiger partial charge is 0.496 e. The Bertz CT molecular complexity index is 802. The smallest absolute Gasteiger partial charge is 0.127 e. The van der Waals surface area contributed by atoms with Crippen molar-refractivity contribution >= 4 is 14.2 Å². The van der Waals surface area contributed by atoms with Crippen LogP contribution in [0.1, 0.15) is 68.5 Å². The SMILES string of the molecule is CC.CC.COc1cc(C)cc2c1C(=C1CCPCC1)c1ncccc1CC2. The van der Waals surface area contributed by atoms with E-state index in [1.54, 1.807) is 12.7 Å². The highest BCUT2D eigenvalue weighted by molar-refractivity contribution is 7.38. The molecule has 152 valence electrons. The fourth-order valence-electron chi connectivity index (χ4n) is 4.04. The topological polar surface area (TPSA) is 22.1 Å². The number of allylic oxidation sites excluding steroid dienone is 1. The number of hydrogen-bond donors (Lipinski definition) is 0. The summed E-state index contributed by atoms with van der Waals surface area (Å²) in [5.74, 6) is 1.01. The lowest BCUT2D eigenvalue weighted by Gasteiger charge is -2.22. The normalized spacial score (nSPS) is 15.9. The Morgan fingerprint density at radius 3 is 2.29 bits per heavy atom. The molecule has 3 heteroatoms. The van der Waals surface area contributed by atoms with Crippen LogP contribution in [0.2, 0.25) is 0 Å². The fraction of sp³-hybridized carbons (Fsp3) is 0.480. The first kappa shape index (κ1) is 22.6. The van der Waals surface area contributed by atoms with Crippen molar-refractivity contribution < 1.29 is 4.74 Å². The van der Waals surface area contributed by atoms with Gasteiger partial charge in [0.2, 0.25) is 0 Å². The van der Waals surface area contributed by atoms with Gasteiger partial charge in [-0.1, -0.05) is 45.4 Å². The fourth-order valence-corrected chi connectivity index (χ4v) is 5.25. The molecule has 28 heavy (non-hydrogen) atoms. The molecule has 1 aliphatic heterocycles. The standard InChI is InChI=1S/C21H24NOP.2C2H6/c1-14-12-17-6-5-16-4-3-9-22-21(16)20(15-7-10-24-11-8-15)19(17)18(13-14)23-2;2*1-2/h3-4,9,12-13,24H,5-8,10-11H2,1-2H3;2*1-2H3. The Balaban J connectivity index is 0.000000660. The molecule has 1 fully saturated rings. The van der Waals surface area contributed by atoms with Crippen molar-refractivity contribution in [1.29, 1.82) is 0 Å². The quantitative estimate of drug-likeness (QED) is 0.492. The molecular formula is C25H36NOP. The monoisotopic (exact) mass is 397 g/mol. The molecular weight excluding hydrogens is 361 g/mol. The average molecular weight is 398 g/mol. The van der Waals surface area contributed by atoms with E-state index in [9.17, 15) is 0 Å². The number of aromatic nitrogens is 1. The maximum Gasteiger partial charge on any atom is 0.127 e. The summed E-state index contributed by atoms with van der Waals surface area (Å²) >= 11 is 0. The van der Waals surface area contributed by atoms with Crippen LogP contribution in [0.25, 0.3) is 5.57 Å². The van der Waals surface area contributed by atoms with Crippen LogP contribution in [0.4, 0.5) is 0 Å². The second kappa shape index (κ2) is 11.4. The van der Waals surface area contributed by atoms with Crippen LogP contribution in [-0.2, 0) is 12.8 Å². The van der Waals surface area contributed by atoms with Crippen LogP contribution in [0.15, 0.2) is 36.0 Å². The number of aryl methyl sites for hydroxylation is 3. The molecule has 1 aromatic carbocycles. The van der Waals surface area contributed by atoms with Gasteiger partial charge in [0, 0.05) is 17.3 Å². The van der Waals surface area contributed by atoms with Crippen LogP contribution in [0, 0.1) is 6.92 Å². The van der Waals surface area contributed by atoms with E-state index in [2.05, 4.69) is 31.2 Å². The minimum Gasteiger partial charge on any atom is -0.496 e. The number of benzene rings is 1. The summed E-state index contributed by atoms with van der Waals surface area (Å²) < 4.78 is 5.82. The number of rotatable bonds is 1. The molecule has 0 spiro atoms. The van der Waals surface area contributed by atoms with Crippen molar-refractivity contribution in [2.75, 3.05) is 19.4 Å². The van der Waals surface area contributed by atoms with Gasteiger partial charge in [-0.2, -0.15) is 0 Å². The molecule has 0 bridgehead atoms. The number of fused-ring (bicyclic) bond motifs is 2. The lowest BCUT2D eigenvalue weighted by atomic mass is 9.89. The van der Waals surface area contributed by atoms with Crippen molar-refractivity contribution in [2.24, 2.45) is 0 Å². The van der Waals surface area contributed by atoms with E-state index in [-0.39, 0.29) is 0 Å². The zero-order chi connectivity index (χ0) is 20.5. The van der Waals surface area contributed by atoms with Gasteiger partial charge < -0.3 is 4.74 Å². The summed E-state index contributed by atoms with van der Waals surface area (Å²) in [4.78, 5) is 4.82. The minimum absolute atomic E-state index is 1.01. The summed E-state index contributed by atoms with van der Waals surface area (Å²) in [5, 5.41) is 0. The Labute approximate surface area is 173 Å². The van der Waals surface area contributed by atoms with Crippen LogP contribution < -0.4 is 4.74 Å². The average Bonchev–Trinajstić information content (AvgIpc) is 2.93. The van der Waals surface area contributed by atoms with E-state index in [0.29, 0.717) is 0 Å². The van der Waals surface area contributed by atoms with Gasteiger partial charge in [0.25, 0.3) is 0 Å². The molecule has 1 aromatic heterocycles. The predicted molar refractivity (Wildman–Crippen MR) is 125 cm³/mol. The van der Waals surface area contributed by atoms with Gasteiger partial charge in [-0.15, -0.1) is 8.58 Å². The van der Waals surface area contributed by atoms with Gasteiger partial charge in [-0.3, -0.25) is 4.98 Å². The second-order valence-corrected chi connectivity index (χ2v) is 8.24. The Morgan fingerprint density at radius 2 is 1.61 bits per heavy atom. The Kier molecular flexibility index (Phi) is 9.19. The van der Waals surface area contributed by atoms with E-state index in [1.165, 1.54) is 58.7 Å². The predicted octanol–water partition coefficient (Wildman–Crippen LogP) is 6.82. The summed E-state index contributed by atoms with van der Waals surface area (Å²) in [6, 6.07) is 8.84. The number of nitrogens with zero attached hydrogens (tertiary/aromatic N) is 1. The lowest BCUT2D eigenvalue weighted by molar-refractivity contribution is 0.412. The van der Waals surface area contributed by atoms with E-state index in [1.807, 2.05) is 33.9 Å². The van der Waals surface area contributed by atoms with Crippen molar-refractivity contribution in [2.45, 2.75) is 60.3 Å². The first-order valence-corrected chi connectivity index (χ1v) is 12.2. The molecule has 0 N–H and O–H groups in total. The third-order valence-corrected chi connectivity index (χ3v) is 6.36. The number of methoxy groups -OCH3 is 1. The first-order chi connectivity index (χ1) is 13.8. The van der Waals surface area contributed by atoms with Gasteiger partial charge in [-0.05, 0) is 73.8 Å². The summed E-state index contributed by atoms with van der Waals surface area (Å²) in [5.41, 5.74) is 9.53. The molecule has 2 nitrogen and oxygen atoms in total. The van der Waals surface area contributed by atoms with E-state index in [0.717, 1.165) is 27.2 Å². The highest BCUT2D eigenvalue weighted by Crippen LogP contribution is 2.43. The first-order valence-electron chi connectivity index (χ1n) is 10.8. The molecule has 0 unspecified atom stereocenters. The zero-order valence-corrected chi connectivity index (χ0v) is 19.5. The van der Waals surface area contributed by atoms with Gasteiger partial charge >= 0.3 is 0 Å². The van der Waals surface area contributed by atoms with Gasteiger partial charge in [0.1, 0.15) is 5.75 Å². The van der Waals surface area contributed by atoms with Crippen molar-refractivity contribution in [3.63, 3.8) is 0 Å². The van der Waals surface area contributed by atoms with E-state index < -0.39 is 0 Å². The maximum absolute atomic E-state index is 5.82. The highest BCUT2D eigenvalue weighted by Gasteiger charge is 2.26. The summed E-state index contributed by atoms with van der Waals surface area (Å²) in [6.07, 6.45) is 9.12. The van der Waals surface area contributed by atoms with Gasteiger partial charge in [-0.25, -0.2) is 0 Å². The molecule has 2 aliphatic rings. The van der Waals surface area contributed by atoms with Crippen LogP contribution >= 0.6 is 8.58 Å². The van der Waals surface area contributed by atoms with Crippen LogP contribution in [0.5, 0.6) is 5.75 Å². The minimum atomic E-state index is 1.01. The van der Waals surface area contributed by atoms with Crippen LogP contribution in [0.3, 0.4) is 0 Å². The Morgan fingerprint density at radius 1 is 0.929 bits per heavy atom. The van der Waals surface area contributed by atoms with E-state index in [4.69, 9.17) is 9.72 Å². The number of hydrogen-bond acceptors (Lipinski definition) is 2. The third-order valence-electron chi connectivity index (χ3n) is 5.15. The highest BCUT2D eigenvalue weighted by atomic mass is 31.1. The van der Waals surface area contributed by atoms with Crippen molar-refractivity contribution in [3.8, 4) is 5.75 Å². The number of ether oxygens (including phenoxy) is 1. The van der Waals surface area contributed by atoms with Gasteiger partial charge in [0.05, 0.1) is 12.8 Å². The van der Waals surface area contributed by atoms with E-state index >= 15 is 0 Å². The third kappa shape index (κ3) is 4.84. The second-order valence-electron chi connectivity index (χ2n) is 6.74. The molecule has 0 amide bonds. The molecule has 1 saturated heterocycles. The molecule has 0 saturated carbocycles. The maximum atomic E-state index is 5.82. The molecule has 2 heterocycles. The van der Waals surface area contributed by atoms with Crippen molar-refractivity contribution in [1.82, 2.24) is 4.98 Å². The van der Waals surface area contributed by atoms with Crippen molar-refractivity contribution in [3.05, 3.63) is 64.0 Å². The number of pyridine rings is 1.